The second-order valence-electron chi connectivity index (χ2n) is 7.55. The van der Waals surface area contributed by atoms with E-state index in [0.29, 0.717) is 6.61 Å². The van der Waals surface area contributed by atoms with E-state index < -0.39 is 0 Å². The fraction of sp³-hybridized carbons (Fsp3) is 0.409. The van der Waals surface area contributed by atoms with Crippen LogP contribution in [-0.4, -0.2) is 18.1 Å². The molecule has 1 amide bonds. The highest BCUT2D eigenvalue weighted by Gasteiger charge is 2.37. The molecule has 0 aromatic heterocycles. The van der Waals surface area contributed by atoms with Crippen LogP contribution in [0.1, 0.15) is 43.7 Å². The fourth-order valence-electron chi connectivity index (χ4n) is 3.79. The SMILES string of the molecule is Cc1ccccc1NC(=O)C(c1ccccc1)C1CCOC(C)(C)C1. The maximum Gasteiger partial charge on any atom is 0.232 e. The fourth-order valence-corrected chi connectivity index (χ4v) is 3.79. The molecule has 2 aromatic carbocycles. The molecule has 132 valence electrons. The highest BCUT2D eigenvalue weighted by molar-refractivity contribution is 5.96. The summed E-state index contributed by atoms with van der Waals surface area (Å²) in [6.45, 7) is 6.95. The van der Waals surface area contributed by atoms with Gasteiger partial charge >= 0.3 is 0 Å². The first kappa shape index (κ1) is 17.7. The Balaban J connectivity index is 1.89. The van der Waals surface area contributed by atoms with Crippen LogP contribution >= 0.6 is 0 Å². The maximum atomic E-state index is 13.2. The molecular formula is C22H27NO2. The third-order valence-corrected chi connectivity index (χ3v) is 5.05. The minimum atomic E-state index is -0.182. The Bertz CT molecular complexity index is 724. The van der Waals surface area contributed by atoms with E-state index in [1.165, 1.54) is 0 Å². The van der Waals surface area contributed by atoms with Crippen LogP contribution in [0.15, 0.2) is 54.6 Å². The average molecular weight is 337 g/mol. The van der Waals surface area contributed by atoms with E-state index in [-0.39, 0.29) is 23.3 Å². The number of rotatable bonds is 4. The van der Waals surface area contributed by atoms with E-state index in [1.807, 2.05) is 49.4 Å². The minimum absolute atomic E-state index is 0.0724. The van der Waals surface area contributed by atoms with E-state index >= 15 is 0 Å². The van der Waals surface area contributed by atoms with Gasteiger partial charge in [-0.2, -0.15) is 0 Å². The number of para-hydroxylation sites is 1. The van der Waals surface area contributed by atoms with Crippen molar-refractivity contribution >= 4 is 11.6 Å². The largest absolute Gasteiger partial charge is 0.376 e. The molecule has 0 saturated carbocycles. The molecule has 2 unspecified atom stereocenters. The van der Waals surface area contributed by atoms with E-state index in [9.17, 15) is 4.79 Å². The second-order valence-corrected chi connectivity index (χ2v) is 7.55. The van der Waals surface area contributed by atoms with Crippen LogP contribution in [0, 0.1) is 12.8 Å². The lowest BCUT2D eigenvalue weighted by atomic mass is 9.76. The normalized spacial score (nSPS) is 20.7. The van der Waals surface area contributed by atoms with Crippen molar-refractivity contribution < 1.29 is 9.53 Å². The zero-order chi connectivity index (χ0) is 17.9. The standard InChI is InChI=1S/C22H27NO2/c1-16-9-7-8-12-19(16)23-21(24)20(17-10-5-4-6-11-17)18-13-14-25-22(2,3)15-18/h4-12,18,20H,13-15H2,1-3H3,(H,23,24). The van der Waals surface area contributed by atoms with Gasteiger partial charge in [-0.1, -0.05) is 48.5 Å². The first-order chi connectivity index (χ1) is 12.0. The molecule has 0 radical (unpaired) electrons. The van der Waals surface area contributed by atoms with Crippen molar-refractivity contribution in [2.75, 3.05) is 11.9 Å². The smallest absolute Gasteiger partial charge is 0.232 e. The van der Waals surface area contributed by atoms with Gasteiger partial charge in [0, 0.05) is 12.3 Å². The van der Waals surface area contributed by atoms with E-state index in [4.69, 9.17) is 4.74 Å². The van der Waals surface area contributed by atoms with Crippen molar-refractivity contribution in [2.24, 2.45) is 5.92 Å². The van der Waals surface area contributed by atoms with Gasteiger partial charge in [-0.15, -0.1) is 0 Å². The third-order valence-electron chi connectivity index (χ3n) is 5.05. The average Bonchev–Trinajstić information content (AvgIpc) is 2.57. The quantitative estimate of drug-likeness (QED) is 0.860. The number of hydrogen-bond acceptors (Lipinski definition) is 2. The topological polar surface area (TPSA) is 38.3 Å². The number of anilines is 1. The van der Waals surface area contributed by atoms with Gasteiger partial charge in [0.2, 0.25) is 5.91 Å². The van der Waals surface area contributed by atoms with E-state index in [0.717, 1.165) is 29.7 Å². The van der Waals surface area contributed by atoms with Crippen LogP contribution < -0.4 is 5.32 Å². The number of carbonyl (C=O) groups excluding carboxylic acids is 1. The summed E-state index contributed by atoms with van der Waals surface area (Å²) in [6.07, 6.45) is 1.79. The Morgan fingerprint density at radius 1 is 1.12 bits per heavy atom. The minimum Gasteiger partial charge on any atom is -0.376 e. The van der Waals surface area contributed by atoms with Gasteiger partial charge in [0.25, 0.3) is 0 Å². The zero-order valence-electron chi connectivity index (χ0n) is 15.3. The van der Waals surface area contributed by atoms with Crippen LogP contribution in [0.25, 0.3) is 0 Å². The van der Waals surface area contributed by atoms with Crippen molar-refractivity contribution in [3.63, 3.8) is 0 Å². The number of aryl methyl sites for hydroxylation is 1. The highest BCUT2D eigenvalue weighted by atomic mass is 16.5. The number of benzene rings is 2. The molecule has 0 spiro atoms. The molecule has 2 atom stereocenters. The Morgan fingerprint density at radius 2 is 1.80 bits per heavy atom. The summed E-state index contributed by atoms with van der Waals surface area (Å²) in [5, 5.41) is 3.15. The molecule has 0 bridgehead atoms. The Morgan fingerprint density at radius 3 is 2.48 bits per heavy atom. The number of nitrogens with one attached hydrogen (secondary N) is 1. The van der Waals surface area contributed by atoms with Gasteiger partial charge in [0.15, 0.2) is 0 Å². The van der Waals surface area contributed by atoms with Crippen molar-refractivity contribution in [3.8, 4) is 0 Å². The van der Waals surface area contributed by atoms with Crippen LogP contribution in [0.4, 0.5) is 5.69 Å². The monoisotopic (exact) mass is 337 g/mol. The molecule has 2 aromatic rings. The molecule has 1 aliphatic rings. The lowest BCUT2D eigenvalue weighted by Gasteiger charge is -2.39. The first-order valence-electron chi connectivity index (χ1n) is 9.02. The molecule has 1 aliphatic heterocycles. The molecule has 1 N–H and O–H groups in total. The van der Waals surface area contributed by atoms with Crippen LogP contribution in [0.3, 0.4) is 0 Å². The van der Waals surface area contributed by atoms with Crippen molar-refractivity contribution in [2.45, 2.75) is 45.1 Å². The lowest BCUT2D eigenvalue weighted by Crippen LogP contribution is -2.39. The lowest BCUT2D eigenvalue weighted by molar-refractivity contribution is -0.122. The van der Waals surface area contributed by atoms with Gasteiger partial charge in [0.05, 0.1) is 11.5 Å². The van der Waals surface area contributed by atoms with Crippen molar-refractivity contribution in [3.05, 3.63) is 65.7 Å². The van der Waals surface area contributed by atoms with E-state index in [1.54, 1.807) is 0 Å². The summed E-state index contributed by atoms with van der Waals surface area (Å²) in [7, 11) is 0. The van der Waals surface area contributed by atoms with E-state index in [2.05, 4.69) is 31.3 Å². The number of amides is 1. The Kier molecular flexibility index (Phi) is 5.24. The molecule has 3 nitrogen and oxygen atoms in total. The zero-order valence-corrected chi connectivity index (χ0v) is 15.3. The predicted molar refractivity (Wildman–Crippen MR) is 102 cm³/mol. The summed E-state index contributed by atoms with van der Waals surface area (Å²) in [4.78, 5) is 13.2. The predicted octanol–water partition coefficient (Wildman–Crippen LogP) is 4.92. The number of hydrogen-bond donors (Lipinski definition) is 1. The highest BCUT2D eigenvalue weighted by Crippen LogP contribution is 2.39. The maximum absolute atomic E-state index is 13.2. The summed E-state index contributed by atoms with van der Waals surface area (Å²) in [5.41, 5.74) is 2.87. The van der Waals surface area contributed by atoms with Crippen LogP contribution in [0.2, 0.25) is 0 Å². The number of carbonyl (C=O) groups is 1. The van der Waals surface area contributed by atoms with Gasteiger partial charge in [-0.05, 0) is 56.7 Å². The Hall–Kier alpha value is -2.13. The summed E-state index contributed by atoms with van der Waals surface area (Å²) >= 11 is 0. The second kappa shape index (κ2) is 7.40. The summed E-state index contributed by atoms with van der Waals surface area (Å²) in [6, 6.07) is 18.1. The Labute approximate surface area is 150 Å². The molecule has 25 heavy (non-hydrogen) atoms. The van der Waals surface area contributed by atoms with Crippen LogP contribution in [-0.2, 0) is 9.53 Å². The summed E-state index contributed by atoms with van der Waals surface area (Å²) in [5.74, 6) is 0.183. The van der Waals surface area contributed by atoms with Crippen LogP contribution in [0.5, 0.6) is 0 Å². The van der Waals surface area contributed by atoms with Gasteiger partial charge in [0.1, 0.15) is 0 Å². The van der Waals surface area contributed by atoms with Crippen molar-refractivity contribution in [1.29, 1.82) is 0 Å². The molecule has 3 heteroatoms. The molecule has 1 heterocycles. The van der Waals surface area contributed by atoms with Gasteiger partial charge in [-0.3, -0.25) is 4.79 Å². The molecule has 0 aliphatic carbocycles. The van der Waals surface area contributed by atoms with Crippen molar-refractivity contribution in [1.82, 2.24) is 0 Å². The van der Waals surface area contributed by atoms with Gasteiger partial charge in [-0.25, -0.2) is 0 Å². The van der Waals surface area contributed by atoms with Gasteiger partial charge < -0.3 is 10.1 Å². The number of ether oxygens (including phenoxy) is 1. The molecule has 3 rings (SSSR count). The molecule has 1 saturated heterocycles. The molecular weight excluding hydrogens is 310 g/mol. The third kappa shape index (κ3) is 4.29. The summed E-state index contributed by atoms with van der Waals surface area (Å²) < 4.78 is 5.87. The first-order valence-corrected chi connectivity index (χ1v) is 9.02. The molecule has 1 fully saturated rings.